The molecule has 0 aliphatic carbocycles. The second kappa shape index (κ2) is 3.81. The van der Waals surface area contributed by atoms with Crippen LogP contribution in [0.1, 0.15) is 19.3 Å². The van der Waals surface area contributed by atoms with Gasteiger partial charge in [0.25, 0.3) is 0 Å². The highest BCUT2D eigenvalue weighted by molar-refractivity contribution is 6.19. The topological polar surface area (TPSA) is 29.1 Å². The number of rotatable bonds is 1. The molecule has 1 atom stereocenters. The van der Waals surface area contributed by atoms with Crippen molar-refractivity contribution < 1.29 is 4.79 Å². The highest BCUT2D eigenvalue weighted by Gasteiger charge is 2.18. The molecule has 58 valence electrons. The van der Waals surface area contributed by atoms with Gasteiger partial charge < -0.3 is 5.32 Å². The van der Waals surface area contributed by atoms with E-state index in [1.54, 1.807) is 0 Å². The second-order valence-corrected chi connectivity index (χ2v) is 2.95. The van der Waals surface area contributed by atoms with Crippen LogP contribution in [0.2, 0.25) is 0 Å². The fourth-order valence-corrected chi connectivity index (χ4v) is 1.44. The van der Waals surface area contributed by atoms with E-state index in [2.05, 4.69) is 5.32 Å². The predicted molar refractivity (Wildman–Crippen MR) is 41.1 cm³/mol. The molecule has 1 aliphatic rings. The van der Waals surface area contributed by atoms with Crippen molar-refractivity contribution in [2.45, 2.75) is 19.3 Å². The Labute approximate surface area is 65.9 Å². The quantitative estimate of drug-likeness (QED) is 0.575. The van der Waals surface area contributed by atoms with Gasteiger partial charge >= 0.3 is 0 Å². The predicted octanol–water partition coefficient (Wildman–Crippen LogP) is 1.14. The minimum Gasteiger partial charge on any atom is -0.356 e. The summed E-state index contributed by atoms with van der Waals surface area (Å²) in [7, 11) is 0. The first-order chi connectivity index (χ1) is 4.84. The first kappa shape index (κ1) is 7.86. The van der Waals surface area contributed by atoms with Gasteiger partial charge in [-0.05, 0) is 12.8 Å². The van der Waals surface area contributed by atoms with Gasteiger partial charge in [0, 0.05) is 12.4 Å². The largest absolute Gasteiger partial charge is 0.356 e. The second-order valence-electron chi connectivity index (χ2n) is 2.64. The summed E-state index contributed by atoms with van der Waals surface area (Å²) in [6, 6.07) is 0. The summed E-state index contributed by atoms with van der Waals surface area (Å²) < 4.78 is 0. The lowest BCUT2D eigenvalue weighted by Gasteiger charge is -2.07. The van der Waals surface area contributed by atoms with E-state index in [9.17, 15) is 4.79 Å². The molecule has 1 amide bonds. The van der Waals surface area contributed by atoms with E-state index in [1.165, 1.54) is 0 Å². The zero-order valence-electron chi connectivity index (χ0n) is 5.90. The van der Waals surface area contributed by atoms with Crippen molar-refractivity contribution in [2.75, 3.05) is 12.4 Å². The van der Waals surface area contributed by atoms with E-state index in [-0.39, 0.29) is 11.8 Å². The monoisotopic (exact) mass is 161 g/mol. The number of alkyl halides is 1. The van der Waals surface area contributed by atoms with Gasteiger partial charge in [-0.2, -0.15) is 0 Å². The van der Waals surface area contributed by atoms with Crippen LogP contribution >= 0.6 is 11.6 Å². The number of halogens is 1. The fourth-order valence-electron chi connectivity index (χ4n) is 1.15. The number of carbonyl (C=O) groups is 1. The van der Waals surface area contributed by atoms with Crippen molar-refractivity contribution in [3.8, 4) is 0 Å². The standard InChI is InChI=1S/C7H12ClNO/c8-5-6-3-1-2-4-9-7(6)10/h6H,1-5H2,(H,9,10). The maximum Gasteiger partial charge on any atom is 0.224 e. The molecule has 1 N–H and O–H groups in total. The zero-order chi connectivity index (χ0) is 7.40. The molecule has 0 aromatic heterocycles. The Morgan fingerprint density at radius 2 is 2.40 bits per heavy atom. The smallest absolute Gasteiger partial charge is 0.224 e. The first-order valence-corrected chi connectivity index (χ1v) is 4.21. The van der Waals surface area contributed by atoms with Crippen molar-refractivity contribution in [3.05, 3.63) is 0 Å². The summed E-state index contributed by atoms with van der Waals surface area (Å²) in [6.07, 6.45) is 3.17. The molecule has 1 rings (SSSR count). The van der Waals surface area contributed by atoms with Crippen LogP contribution in [0.15, 0.2) is 0 Å². The van der Waals surface area contributed by atoms with Crippen LogP contribution in [0.4, 0.5) is 0 Å². The van der Waals surface area contributed by atoms with E-state index < -0.39 is 0 Å². The zero-order valence-corrected chi connectivity index (χ0v) is 6.66. The maximum absolute atomic E-state index is 11.0. The number of hydrogen-bond acceptors (Lipinski definition) is 1. The van der Waals surface area contributed by atoms with E-state index in [4.69, 9.17) is 11.6 Å². The minimum absolute atomic E-state index is 0.0594. The van der Waals surface area contributed by atoms with Crippen LogP contribution < -0.4 is 5.32 Å². The summed E-state index contributed by atoms with van der Waals surface area (Å²) in [6.45, 7) is 0.826. The summed E-state index contributed by atoms with van der Waals surface area (Å²) >= 11 is 5.59. The van der Waals surface area contributed by atoms with Gasteiger partial charge in [0.2, 0.25) is 5.91 Å². The molecule has 1 unspecified atom stereocenters. The number of hydrogen-bond donors (Lipinski definition) is 1. The van der Waals surface area contributed by atoms with Gasteiger partial charge in [-0.15, -0.1) is 11.6 Å². The lowest BCUT2D eigenvalue weighted by molar-refractivity contribution is -0.124. The Morgan fingerprint density at radius 1 is 1.60 bits per heavy atom. The van der Waals surface area contributed by atoms with Gasteiger partial charge in [0.1, 0.15) is 0 Å². The molecule has 1 saturated heterocycles. The van der Waals surface area contributed by atoms with E-state index in [0.29, 0.717) is 5.88 Å². The van der Waals surface area contributed by atoms with E-state index >= 15 is 0 Å². The lowest BCUT2D eigenvalue weighted by Crippen LogP contribution is -2.29. The molecule has 1 aliphatic heterocycles. The molecular weight excluding hydrogens is 150 g/mol. The Balaban J connectivity index is 2.43. The van der Waals surface area contributed by atoms with Crippen molar-refractivity contribution >= 4 is 17.5 Å². The molecule has 1 heterocycles. The maximum atomic E-state index is 11.0. The summed E-state index contributed by atoms with van der Waals surface area (Å²) in [5, 5.41) is 2.82. The van der Waals surface area contributed by atoms with Gasteiger partial charge in [-0.1, -0.05) is 6.42 Å². The molecule has 0 aromatic rings. The van der Waals surface area contributed by atoms with Crippen molar-refractivity contribution in [3.63, 3.8) is 0 Å². The van der Waals surface area contributed by atoms with Crippen LogP contribution in [-0.4, -0.2) is 18.3 Å². The highest BCUT2D eigenvalue weighted by atomic mass is 35.5. The average molecular weight is 162 g/mol. The Kier molecular flexibility index (Phi) is 3.00. The van der Waals surface area contributed by atoms with Crippen molar-refractivity contribution in [1.29, 1.82) is 0 Å². The lowest BCUT2D eigenvalue weighted by atomic mass is 10.1. The average Bonchev–Trinajstić information content (AvgIpc) is 2.13. The molecule has 1 fully saturated rings. The van der Waals surface area contributed by atoms with Gasteiger partial charge in [0.15, 0.2) is 0 Å². The van der Waals surface area contributed by atoms with Crippen LogP contribution in [-0.2, 0) is 4.79 Å². The number of nitrogens with one attached hydrogen (secondary N) is 1. The molecule has 2 nitrogen and oxygen atoms in total. The third-order valence-corrected chi connectivity index (χ3v) is 2.21. The molecule has 0 radical (unpaired) electrons. The third kappa shape index (κ3) is 1.87. The van der Waals surface area contributed by atoms with Gasteiger partial charge in [-0.25, -0.2) is 0 Å². The number of carbonyl (C=O) groups excluding carboxylic acids is 1. The normalized spacial score (nSPS) is 27.3. The molecule has 3 heteroatoms. The van der Waals surface area contributed by atoms with Crippen molar-refractivity contribution in [2.24, 2.45) is 5.92 Å². The Morgan fingerprint density at radius 3 is 3.10 bits per heavy atom. The highest BCUT2D eigenvalue weighted by Crippen LogP contribution is 2.13. The van der Waals surface area contributed by atoms with E-state index in [1.807, 2.05) is 0 Å². The van der Waals surface area contributed by atoms with Gasteiger partial charge in [0.05, 0.1) is 5.92 Å². The molecule has 10 heavy (non-hydrogen) atoms. The Bertz CT molecular complexity index is 127. The molecule has 0 saturated carbocycles. The van der Waals surface area contributed by atoms with Crippen LogP contribution in [0.25, 0.3) is 0 Å². The van der Waals surface area contributed by atoms with Crippen molar-refractivity contribution in [1.82, 2.24) is 5.32 Å². The third-order valence-electron chi connectivity index (χ3n) is 1.84. The summed E-state index contributed by atoms with van der Waals surface area (Å²) in [4.78, 5) is 11.0. The summed E-state index contributed by atoms with van der Waals surface area (Å²) in [5.74, 6) is 0.655. The fraction of sp³-hybridized carbons (Fsp3) is 0.857. The molecule has 0 aromatic carbocycles. The van der Waals surface area contributed by atoms with Gasteiger partial charge in [-0.3, -0.25) is 4.79 Å². The van der Waals surface area contributed by atoms with Crippen LogP contribution in [0.3, 0.4) is 0 Å². The first-order valence-electron chi connectivity index (χ1n) is 3.68. The molecular formula is C7H12ClNO. The molecule has 0 spiro atoms. The SMILES string of the molecule is O=C1NCCCCC1CCl. The van der Waals surface area contributed by atoms with E-state index in [0.717, 1.165) is 25.8 Å². The Hall–Kier alpha value is -0.240. The molecule has 0 bridgehead atoms. The number of amides is 1. The van der Waals surface area contributed by atoms with Crippen LogP contribution in [0.5, 0.6) is 0 Å². The summed E-state index contributed by atoms with van der Waals surface area (Å²) in [5.41, 5.74) is 0. The van der Waals surface area contributed by atoms with Crippen LogP contribution in [0, 0.1) is 5.92 Å². The minimum atomic E-state index is 0.0594.